The van der Waals surface area contributed by atoms with Crippen molar-refractivity contribution in [3.05, 3.63) is 58.9 Å². The number of benzene rings is 2. The first-order chi connectivity index (χ1) is 13.1. The third-order valence-corrected chi connectivity index (χ3v) is 4.15. The Kier molecular flexibility index (Phi) is 5.93. The van der Waals surface area contributed by atoms with Crippen LogP contribution >= 0.6 is 11.6 Å². The van der Waals surface area contributed by atoms with Gasteiger partial charge in [0.05, 0.1) is 37.8 Å². The largest absolute Gasteiger partial charge is 0.493 e. The van der Waals surface area contributed by atoms with Crippen LogP contribution in [0.3, 0.4) is 0 Å². The second kappa shape index (κ2) is 8.55. The number of aromatic nitrogens is 2. The molecule has 1 N–H and O–H groups in total. The van der Waals surface area contributed by atoms with E-state index in [4.69, 9.17) is 25.5 Å². The molecule has 0 fully saturated rings. The summed E-state index contributed by atoms with van der Waals surface area (Å²) in [7, 11) is 3.11. The first-order valence-corrected chi connectivity index (χ1v) is 8.53. The van der Waals surface area contributed by atoms with E-state index in [9.17, 15) is 4.79 Å². The van der Waals surface area contributed by atoms with E-state index in [2.05, 4.69) is 15.5 Å². The summed E-state index contributed by atoms with van der Waals surface area (Å²) in [5, 5.41) is 11.2. The zero-order valence-electron chi connectivity index (χ0n) is 14.9. The molecule has 27 heavy (non-hydrogen) atoms. The van der Waals surface area contributed by atoms with Crippen LogP contribution in [0.4, 0.5) is 0 Å². The molecule has 0 unspecified atom stereocenters. The van der Waals surface area contributed by atoms with E-state index < -0.39 is 0 Å². The predicted octanol–water partition coefficient (Wildman–Crippen LogP) is 3.27. The molecular formula is C19H18ClN3O4. The maximum Gasteiger partial charge on any atom is 0.249 e. The van der Waals surface area contributed by atoms with Gasteiger partial charge >= 0.3 is 0 Å². The van der Waals surface area contributed by atoms with E-state index in [0.717, 1.165) is 5.56 Å². The van der Waals surface area contributed by atoms with Gasteiger partial charge in [-0.15, -0.1) is 10.2 Å². The maximum absolute atomic E-state index is 12.2. The summed E-state index contributed by atoms with van der Waals surface area (Å²) < 4.78 is 16.0. The number of carbonyl (C=O) groups is 1. The minimum absolute atomic E-state index is 0.129. The van der Waals surface area contributed by atoms with Gasteiger partial charge < -0.3 is 19.2 Å². The number of amides is 1. The molecule has 7 nitrogen and oxygen atoms in total. The summed E-state index contributed by atoms with van der Waals surface area (Å²) in [4.78, 5) is 12.2. The number of hydrogen-bond acceptors (Lipinski definition) is 6. The zero-order chi connectivity index (χ0) is 19.2. The average molecular weight is 388 g/mol. The van der Waals surface area contributed by atoms with Gasteiger partial charge in [-0.2, -0.15) is 0 Å². The van der Waals surface area contributed by atoms with Crippen molar-refractivity contribution < 1.29 is 18.7 Å². The van der Waals surface area contributed by atoms with E-state index in [0.29, 0.717) is 33.9 Å². The fourth-order valence-electron chi connectivity index (χ4n) is 2.48. The van der Waals surface area contributed by atoms with Crippen molar-refractivity contribution in [1.29, 1.82) is 0 Å². The third kappa shape index (κ3) is 4.57. The van der Waals surface area contributed by atoms with Gasteiger partial charge in [0.2, 0.25) is 17.7 Å². The summed E-state index contributed by atoms with van der Waals surface area (Å²) in [6.07, 6.45) is 0.186. The molecular weight excluding hydrogens is 370 g/mol. The minimum Gasteiger partial charge on any atom is -0.493 e. The van der Waals surface area contributed by atoms with Gasteiger partial charge in [-0.1, -0.05) is 29.8 Å². The number of carbonyl (C=O) groups excluding carboxylic acids is 1. The molecule has 0 saturated carbocycles. The van der Waals surface area contributed by atoms with Gasteiger partial charge in [0, 0.05) is 0 Å². The fraction of sp³-hybridized carbons (Fsp3) is 0.211. The highest BCUT2D eigenvalue weighted by atomic mass is 35.5. The summed E-state index contributed by atoms with van der Waals surface area (Å²) in [5.74, 6) is 1.61. The Labute approximate surface area is 161 Å². The van der Waals surface area contributed by atoms with Gasteiger partial charge in [0.15, 0.2) is 11.5 Å². The SMILES string of the molecule is COc1ccc(CC(=O)NCc2nnc(-c3ccccc3Cl)o2)cc1OC. The Morgan fingerprint density at radius 1 is 1.11 bits per heavy atom. The lowest BCUT2D eigenvalue weighted by Gasteiger charge is -2.09. The molecule has 1 heterocycles. The number of hydrogen-bond donors (Lipinski definition) is 1. The lowest BCUT2D eigenvalue weighted by molar-refractivity contribution is -0.120. The molecule has 3 rings (SSSR count). The smallest absolute Gasteiger partial charge is 0.249 e. The fourth-order valence-corrected chi connectivity index (χ4v) is 2.70. The summed E-state index contributed by atoms with van der Waals surface area (Å²) >= 11 is 6.12. The lowest BCUT2D eigenvalue weighted by Crippen LogP contribution is -2.24. The van der Waals surface area contributed by atoms with Crippen LogP contribution in [0.5, 0.6) is 11.5 Å². The molecule has 0 radical (unpaired) electrons. The highest BCUT2D eigenvalue weighted by molar-refractivity contribution is 6.33. The van der Waals surface area contributed by atoms with Gasteiger partial charge in [0.1, 0.15) is 0 Å². The molecule has 2 aromatic carbocycles. The number of nitrogens with one attached hydrogen (secondary N) is 1. The van der Waals surface area contributed by atoms with Gasteiger partial charge in [-0.05, 0) is 29.8 Å². The molecule has 0 saturated heterocycles. The van der Waals surface area contributed by atoms with Crippen LogP contribution in [0, 0.1) is 0 Å². The average Bonchev–Trinajstić information content (AvgIpc) is 3.15. The Hall–Kier alpha value is -3.06. The molecule has 0 spiro atoms. The molecule has 0 aliphatic rings. The standard InChI is InChI=1S/C19H18ClN3O4/c1-25-15-8-7-12(9-16(15)26-2)10-17(24)21-11-18-22-23-19(27-18)13-5-3-4-6-14(13)20/h3-9H,10-11H2,1-2H3,(H,21,24). The second-order valence-corrected chi connectivity index (χ2v) is 6.03. The summed E-state index contributed by atoms with van der Waals surface area (Å²) in [6.45, 7) is 0.129. The van der Waals surface area contributed by atoms with Crippen LogP contribution < -0.4 is 14.8 Å². The summed E-state index contributed by atoms with van der Waals surface area (Å²) in [5.41, 5.74) is 1.45. The van der Waals surface area contributed by atoms with Crippen molar-refractivity contribution in [2.75, 3.05) is 14.2 Å². The van der Waals surface area contributed by atoms with Gasteiger partial charge in [-0.25, -0.2) is 0 Å². The molecule has 140 valence electrons. The molecule has 0 aliphatic carbocycles. The number of rotatable bonds is 7. The monoisotopic (exact) mass is 387 g/mol. The topological polar surface area (TPSA) is 86.5 Å². The first-order valence-electron chi connectivity index (χ1n) is 8.15. The van der Waals surface area contributed by atoms with Gasteiger partial charge in [-0.3, -0.25) is 4.79 Å². The van der Waals surface area contributed by atoms with E-state index in [1.807, 2.05) is 18.2 Å². The molecule has 0 bridgehead atoms. The molecule has 1 aromatic heterocycles. The Morgan fingerprint density at radius 3 is 2.63 bits per heavy atom. The van der Waals surface area contributed by atoms with Crippen LogP contribution in [0.1, 0.15) is 11.5 Å². The Balaban J connectivity index is 1.59. The van der Waals surface area contributed by atoms with Crippen LogP contribution in [0.15, 0.2) is 46.9 Å². The van der Waals surface area contributed by atoms with Crippen LogP contribution in [0.25, 0.3) is 11.5 Å². The second-order valence-electron chi connectivity index (χ2n) is 5.62. The molecule has 8 heteroatoms. The summed E-state index contributed by atoms with van der Waals surface area (Å²) in [6, 6.07) is 12.5. The van der Waals surface area contributed by atoms with Crippen LogP contribution in [0.2, 0.25) is 5.02 Å². The predicted molar refractivity (Wildman–Crippen MR) is 99.8 cm³/mol. The molecule has 0 atom stereocenters. The third-order valence-electron chi connectivity index (χ3n) is 3.82. The Morgan fingerprint density at radius 2 is 1.89 bits per heavy atom. The first kappa shape index (κ1) is 18.7. The normalized spacial score (nSPS) is 10.5. The van der Waals surface area contributed by atoms with Gasteiger partial charge in [0.25, 0.3) is 0 Å². The van der Waals surface area contributed by atoms with E-state index in [-0.39, 0.29) is 18.9 Å². The number of nitrogens with zero attached hydrogens (tertiary/aromatic N) is 2. The molecule has 0 aliphatic heterocycles. The minimum atomic E-state index is -0.181. The van der Waals surface area contributed by atoms with Crippen molar-refractivity contribution in [2.45, 2.75) is 13.0 Å². The Bertz CT molecular complexity index is 942. The highest BCUT2D eigenvalue weighted by Crippen LogP contribution is 2.28. The van der Waals surface area contributed by atoms with E-state index in [1.54, 1.807) is 38.5 Å². The van der Waals surface area contributed by atoms with Crippen molar-refractivity contribution in [3.63, 3.8) is 0 Å². The quantitative estimate of drug-likeness (QED) is 0.669. The van der Waals surface area contributed by atoms with E-state index in [1.165, 1.54) is 0 Å². The van der Waals surface area contributed by atoms with Crippen LogP contribution in [-0.4, -0.2) is 30.3 Å². The van der Waals surface area contributed by atoms with Crippen molar-refractivity contribution in [1.82, 2.24) is 15.5 Å². The molecule has 3 aromatic rings. The zero-order valence-corrected chi connectivity index (χ0v) is 15.6. The van der Waals surface area contributed by atoms with Crippen LogP contribution in [-0.2, 0) is 17.8 Å². The van der Waals surface area contributed by atoms with E-state index >= 15 is 0 Å². The number of ether oxygens (including phenoxy) is 2. The highest BCUT2D eigenvalue weighted by Gasteiger charge is 2.13. The number of methoxy groups -OCH3 is 2. The maximum atomic E-state index is 12.2. The number of halogens is 1. The van der Waals surface area contributed by atoms with Crippen molar-refractivity contribution >= 4 is 17.5 Å². The lowest BCUT2D eigenvalue weighted by atomic mass is 10.1. The molecule has 1 amide bonds. The van der Waals surface area contributed by atoms with Crippen molar-refractivity contribution in [3.8, 4) is 23.0 Å². The van der Waals surface area contributed by atoms with Crippen molar-refractivity contribution in [2.24, 2.45) is 0 Å².